The smallest absolute Gasteiger partial charge is 0.328 e. The summed E-state index contributed by atoms with van der Waals surface area (Å²) in [5, 5.41) is 2.50. The maximum absolute atomic E-state index is 12.7. The third kappa shape index (κ3) is 6.26. The largest absolute Gasteiger partial charge is 0.493 e. The van der Waals surface area contributed by atoms with Gasteiger partial charge in [0.1, 0.15) is 18.2 Å². The maximum Gasteiger partial charge on any atom is 0.328 e. The summed E-state index contributed by atoms with van der Waals surface area (Å²) < 4.78 is 21.1. The molecule has 1 N–H and O–H groups in total. The normalized spacial score (nSPS) is 13.5. The zero-order valence-corrected chi connectivity index (χ0v) is 18.1. The summed E-state index contributed by atoms with van der Waals surface area (Å²) in [6.07, 6.45) is 0.254. The molecule has 1 aromatic heterocycles. The number of ether oxygens (including phenoxy) is 4. The Balaban J connectivity index is 2.09. The summed E-state index contributed by atoms with van der Waals surface area (Å²) in [5.74, 6) is -2.00. The van der Waals surface area contributed by atoms with Gasteiger partial charge < -0.3 is 24.3 Å². The topological polar surface area (TPSA) is 113 Å². The molecule has 0 saturated carbocycles. The van der Waals surface area contributed by atoms with Crippen LogP contribution >= 0.6 is 0 Å². The second-order valence-corrected chi connectivity index (χ2v) is 6.69. The fraction of sp³-hybridized carbons (Fsp3) is 0.364. The van der Waals surface area contributed by atoms with Crippen molar-refractivity contribution < 1.29 is 33.3 Å². The number of nitrogens with zero attached hydrogens (tertiary/aromatic N) is 1. The molecule has 0 bridgehead atoms. The Morgan fingerprint density at radius 3 is 2.29 bits per heavy atom. The Labute approximate surface area is 180 Å². The SMILES string of the molecule is COc1ccnc(C(=O)N[C@@H](C)C(=O)O[C@@H](C)[C@@H](OC)c2ccccc2)c1OC(C)=O. The Bertz CT molecular complexity index is 917. The predicted octanol–water partition coefficient (Wildman–Crippen LogP) is 2.45. The highest BCUT2D eigenvalue weighted by Gasteiger charge is 2.28. The number of aromatic nitrogens is 1. The lowest BCUT2D eigenvalue weighted by Crippen LogP contribution is -2.41. The van der Waals surface area contributed by atoms with E-state index in [-0.39, 0.29) is 17.2 Å². The van der Waals surface area contributed by atoms with E-state index in [0.717, 1.165) is 5.56 Å². The average molecular weight is 430 g/mol. The summed E-state index contributed by atoms with van der Waals surface area (Å²) >= 11 is 0. The summed E-state index contributed by atoms with van der Waals surface area (Å²) in [5.41, 5.74) is 0.662. The van der Waals surface area contributed by atoms with Gasteiger partial charge in [-0.25, -0.2) is 9.78 Å². The molecule has 31 heavy (non-hydrogen) atoms. The van der Waals surface area contributed by atoms with E-state index in [1.54, 1.807) is 6.92 Å². The Hall–Kier alpha value is -3.46. The lowest BCUT2D eigenvalue weighted by molar-refractivity contribution is -0.157. The van der Waals surface area contributed by atoms with E-state index in [1.807, 2.05) is 30.3 Å². The number of pyridine rings is 1. The summed E-state index contributed by atoms with van der Waals surface area (Å²) in [7, 11) is 2.89. The number of amides is 1. The molecule has 166 valence electrons. The first kappa shape index (κ1) is 23.8. The lowest BCUT2D eigenvalue weighted by Gasteiger charge is -2.24. The fourth-order valence-corrected chi connectivity index (χ4v) is 2.91. The van der Waals surface area contributed by atoms with Gasteiger partial charge >= 0.3 is 11.9 Å². The molecule has 0 aliphatic rings. The van der Waals surface area contributed by atoms with Crippen molar-refractivity contribution in [3.63, 3.8) is 0 Å². The zero-order chi connectivity index (χ0) is 23.0. The van der Waals surface area contributed by atoms with Gasteiger partial charge in [0.15, 0.2) is 11.4 Å². The van der Waals surface area contributed by atoms with E-state index in [0.29, 0.717) is 0 Å². The van der Waals surface area contributed by atoms with Gasteiger partial charge in [-0.15, -0.1) is 0 Å². The third-order valence-electron chi connectivity index (χ3n) is 4.36. The Morgan fingerprint density at radius 1 is 1.03 bits per heavy atom. The molecular weight excluding hydrogens is 404 g/mol. The molecule has 0 aliphatic carbocycles. The number of hydrogen-bond donors (Lipinski definition) is 1. The molecule has 1 aromatic carbocycles. The van der Waals surface area contributed by atoms with E-state index in [1.165, 1.54) is 40.3 Å². The molecular formula is C22H26N2O7. The molecule has 0 unspecified atom stereocenters. The van der Waals surface area contributed by atoms with E-state index in [2.05, 4.69) is 10.3 Å². The second kappa shape index (κ2) is 11.1. The van der Waals surface area contributed by atoms with Gasteiger partial charge in [-0.2, -0.15) is 0 Å². The van der Waals surface area contributed by atoms with Gasteiger partial charge in [0.25, 0.3) is 5.91 Å². The van der Waals surface area contributed by atoms with E-state index < -0.39 is 36.1 Å². The van der Waals surface area contributed by atoms with Crippen molar-refractivity contribution in [1.82, 2.24) is 10.3 Å². The molecule has 9 heteroatoms. The number of benzene rings is 1. The number of carbonyl (C=O) groups excluding carboxylic acids is 3. The minimum atomic E-state index is -0.999. The van der Waals surface area contributed by atoms with Crippen molar-refractivity contribution in [2.75, 3.05) is 14.2 Å². The number of methoxy groups -OCH3 is 2. The molecule has 0 aliphatic heterocycles. The minimum absolute atomic E-state index is 0.132. The van der Waals surface area contributed by atoms with Crippen LogP contribution in [0.4, 0.5) is 0 Å². The molecule has 1 amide bonds. The first-order valence-corrected chi connectivity index (χ1v) is 9.59. The van der Waals surface area contributed by atoms with Gasteiger partial charge in [-0.05, 0) is 19.4 Å². The quantitative estimate of drug-likeness (QED) is 0.604. The highest BCUT2D eigenvalue weighted by molar-refractivity contribution is 5.98. The van der Waals surface area contributed by atoms with E-state index in [4.69, 9.17) is 18.9 Å². The van der Waals surface area contributed by atoms with Gasteiger partial charge in [0.05, 0.1) is 7.11 Å². The first-order valence-electron chi connectivity index (χ1n) is 9.59. The molecule has 3 atom stereocenters. The predicted molar refractivity (Wildman–Crippen MR) is 111 cm³/mol. The molecule has 0 radical (unpaired) electrons. The number of rotatable bonds is 9. The van der Waals surface area contributed by atoms with Gasteiger partial charge in [0, 0.05) is 26.3 Å². The summed E-state index contributed by atoms with van der Waals surface area (Å²) in [4.78, 5) is 40.6. The van der Waals surface area contributed by atoms with Crippen molar-refractivity contribution >= 4 is 17.8 Å². The van der Waals surface area contributed by atoms with Crippen LogP contribution < -0.4 is 14.8 Å². The molecule has 2 rings (SSSR count). The highest BCUT2D eigenvalue weighted by Crippen LogP contribution is 2.29. The van der Waals surface area contributed by atoms with Crippen LogP contribution in [0.3, 0.4) is 0 Å². The number of carbonyl (C=O) groups is 3. The summed E-state index contributed by atoms with van der Waals surface area (Å²) in [6.45, 7) is 4.37. The maximum atomic E-state index is 12.7. The van der Waals surface area contributed by atoms with Crippen LogP contribution in [0.15, 0.2) is 42.6 Å². The second-order valence-electron chi connectivity index (χ2n) is 6.69. The van der Waals surface area contributed by atoms with Crippen molar-refractivity contribution in [3.8, 4) is 11.5 Å². The molecule has 0 saturated heterocycles. The fourth-order valence-electron chi connectivity index (χ4n) is 2.91. The molecule has 1 heterocycles. The van der Waals surface area contributed by atoms with Crippen molar-refractivity contribution in [2.45, 2.75) is 39.0 Å². The Kier molecular flexibility index (Phi) is 8.51. The lowest BCUT2D eigenvalue weighted by atomic mass is 10.1. The third-order valence-corrected chi connectivity index (χ3v) is 4.36. The monoisotopic (exact) mass is 430 g/mol. The molecule has 9 nitrogen and oxygen atoms in total. The van der Waals surface area contributed by atoms with Crippen LogP contribution in [-0.2, 0) is 19.1 Å². The van der Waals surface area contributed by atoms with E-state index >= 15 is 0 Å². The van der Waals surface area contributed by atoms with Crippen LogP contribution in [0.5, 0.6) is 11.5 Å². The van der Waals surface area contributed by atoms with Crippen LogP contribution in [0, 0.1) is 0 Å². The van der Waals surface area contributed by atoms with Crippen LogP contribution in [0.25, 0.3) is 0 Å². The van der Waals surface area contributed by atoms with Gasteiger partial charge in [0.2, 0.25) is 5.75 Å². The van der Waals surface area contributed by atoms with Gasteiger partial charge in [-0.3, -0.25) is 9.59 Å². The average Bonchev–Trinajstić information content (AvgIpc) is 2.74. The highest BCUT2D eigenvalue weighted by atomic mass is 16.6. The standard InChI is InChI=1S/C22H26N2O7/c1-13(22(27)30-14(2)19(29-5)16-9-7-6-8-10-16)24-21(26)18-20(31-15(3)25)17(28-4)11-12-23-18/h6-14,19H,1-5H3,(H,24,26)/t13-,14-,19+/m0/s1. The minimum Gasteiger partial charge on any atom is -0.493 e. The Morgan fingerprint density at radius 2 is 1.71 bits per heavy atom. The molecule has 2 aromatic rings. The van der Waals surface area contributed by atoms with Crippen molar-refractivity contribution in [2.24, 2.45) is 0 Å². The van der Waals surface area contributed by atoms with E-state index in [9.17, 15) is 14.4 Å². The number of hydrogen-bond acceptors (Lipinski definition) is 8. The molecule has 0 spiro atoms. The van der Waals surface area contributed by atoms with Crippen LogP contribution in [0.2, 0.25) is 0 Å². The number of nitrogens with one attached hydrogen (secondary N) is 1. The zero-order valence-electron chi connectivity index (χ0n) is 18.1. The van der Waals surface area contributed by atoms with Crippen molar-refractivity contribution in [3.05, 3.63) is 53.9 Å². The first-order chi connectivity index (χ1) is 14.8. The van der Waals surface area contributed by atoms with Crippen molar-refractivity contribution in [1.29, 1.82) is 0 Å². The van der Waals surface area contributed by atoms with Crippen LogP contribution in [-0.4, -0.2) is 49.2 Å². The molecule has 0 fully saturated rings. The summed E-state index contributed by atoms with van der Waals surface area (Å²) in [6, 6.07) is 9.79. The van der Waals surface area contributed by atoms with Crippen LogP contribution in [0.1, 0.15) is 42.9 Å². The number of esters is 2. The van der Waals surface area contributed by atoms with Gasteiger partial charge in [-0.1, -0.05) is 30.3 Å².